The van der Waals surface area contributed by atoms with Crippen molar-refractivity contribution in [3.63, 3.8) is 0 Å². The van der Waals surface area contributed by atoms with Gasteiger partial charge in [-0.05, 0) is 61.2 Å². The molecule has 0 aliphatic carbocycles. The number of benzene rings is 3. The first kappa shape index (κ1) is 25.4. The number of ether oxygens (including phenoxy) is 1. The van der Waals surface area contributed by atoms with Crippen LogP contribution in [0.2, 0.25) is 5.02 Å². The number of hydrazone groups is 1. The Bertz CT molecular complexity index is 1350. The molecule has 4 rings (SSSR count). The molecule has 0 aliphatic heterocycles. The maximum Gasteiger partial charge on any atom is 0.272 e. The first-order chi connectivity index (χ1) is 17.6. The smallest absolute Gasteiger partial charge is 0.272 e. The number of nitrogens with one attached hydrogen (secondary N) is 1. The van der Waals surface area contributed by atoms with Gasteiger partial charge in [-0.3, -0.25) is 4.79 Å². The zero-order chi connectivity index (χ0) is 25.3. The number of hydrogen-bond donors (Lipinski definition) is 1. The highest BCUT2D eigenvalue weighted by Gasteiger charge is 2.16. The second-order valence-electron chi connectivity index (χ2n) is 8.53. The van der Waals surface area contributed by atoms with Crippen molar-refractivity contribution in [2.24, 2.45) is 5.10 Å². The van der Waals surface area contributed by atoms with E-state index in [-0.39, 0.29) is 5.91 Å². The second kappa shape index (κ2) is 12.3. The standard InChI is InChI=1S/C30H30ClN3O2/c1-3-5-14-27(22-15-17-23(18-16-22)36-19-4-2)33-34-30(35)25-20-28(21-10-7-6-8-11-21)32-29-24(25)12-9-13-26(29)31/h6-13,15-18,20H,3-5,14,19H2,1-2H3,(H,34,35)/b33-27-. The van der Waals surface area contributed by atoms with Crippen LogP contribution in [0.3, 0.4) is 0 Å². The predicted molar refractivity (Wildman–Crippen MR) is 148 cm³/mol. The minimum atomic E-state index is -0.307. The van der Waals surface area contributed by atoms with E-state index >= 15 is 0 Å². The minimum Gasteiger partial charge on any atom is -0.494 e. The van der Waals surface area contributed by atoms with Crippen molar-refractivity contribution in [2.75, 3.05) is 6.61 Å². The third-order valence-corrected chi connectivity index (χ3v) is 6.13. The molecule has 4 aromatic rings. The Morgan fingerprint density at radius 2 is 1.75 bits per heavy atom. The van der Waals surface area contributed by atoms with E-state index in [1.807, 2.05) is 66.7 Å². The molecule has 0 fully saturated rings. The quantitative estimate of drug-likeness (QED) is 0.180. The first-order valence-corrected chi connectivity index (χ1v) is 12.7. The molecule has 1 N–H and O–H groups in total. The number of rotatable bonds is 10. The van der Waals surface area contributed by atoms with Crippen molar-refractivity contribution in [1.82, 2.24) is 10.4 Å². The third-order valence-electron chi connectivity index (χ3n) is 5.82. The zero-order valence-corrected chi connectivity index (χ0v) is 21.4. The summed E-state index contributed by atoms with van der Waals surface area (Å²) in [6, 6.07) is 24.9. The van der Waals surface area contributed by atoms with Gasteiger partial charge < -0.3 is 4.74 Å². The number of halogens is 1. The average Bonchev–Trinajstić information content (AvgIpc) is 2.92. The number of para-hydroxylation sites is 1. The lowest BCUT2D eigenvalue weighted by atomic mass is 10.0. The summed E-state index contributed by atoms with van der Waals surface area (Å²) in [6.07, 6.45) is 3.70. The maximum atomic E-state index is 13.4. The van der Waals surface area contributed by atoms with E-state index in [1.54, 1.807) is 12.1 Å². The van der Waals surface area contributed by atoms with Gasteiger partial charge in [0.1, 0.15) is 5.75 Å². The van der Waals surface area contributed by atoms with Crippen LogP contribution in [0.4, 0.5) is 0 Å². The summed E-state index contributed by atoms with van der Waals surface area (Å²) >= 11 is 6.47. The Kier molecular flexibility index (Phi) is 8.69. The van der Waals surface area contributed by atoms with E-state index in [0.717, 1.165) is 48.3 Å². The summed E-state index contributed by atoms with van der Waals surface area (Å²) < 4.78 is 5.70. The van der Waals surface area contributed by atoms with Crippen molar-refractivity contribution < 1.29 is 9.53 Å². The Morgan fingerprint density at radius 3 is 2.47 bits per heavy atom. The molecule has 0 saturated heterocycles. The molecule has 1 amide bonds. The molecule has 1 aromatic heterocycles. The highest BCUT2D eigenvalue weighted by Crippen LogP contribution is 2.29. The van der Waals surface area contributed by atoms with Gasteiger partial charge in [0.15, 0.2) is 0 Å². The van der Waals surface area contributed by atoms with E-state index in [1.165, 1.54) is 0 Å². The number of fused-ring (bicyclic) bond motifs is 1. The van der Waals surface area contributed by atoms with Gasteiger partial charge in [-0.2, -0.15) is 5.10 Å². The van der Waals surface area contributed by atoms with Gasteiger partial charge >= 0.3 is 0 Å². The summed E-state index contributed by atoms with van der Waals surface area (Å²) in [4.78, 5) is 18.2. The topological polar surface area (TPSA) is 63.6 Å². The molecular formula is C30H30ClN3O2. The molecule has 0 bridgehead atoms. The predicted octanol–water partition coefficient (Wildman–Crippen LogP) is 7.67. The summed E-state index contributed by atoms with van der Waals surface area (Å²) in [6.45, 7) is 4.90. The Labute approximate surface area is 217 Å². The number of amides is 1. The fourth-order valence-corrected chi connectivity index (χ4v) is 4.13. The zero-order valence-electron chi connectivity index (χ0n) is 20.6. The highest BCUT2D eigenvalue weighted by molar-refractivity contribution is 6.35. The molecule has 3 aromatic carbocycles. The van der Waals surface area contributed by atoms with Crippen LogP contribution >= 0.6 is 11.6 Å². The monoisotopic (exact) mass is 499 g/mol. The van der Waals surface area contributed by atoms with Crippen LogP contribution in [0, 0.1) is 0 Å². The van der Waals surface area contributed by atoms with Crippen molar-refractivity contribution in [3.8, 4) is 17.0 Å². The summed E-state index contributed by atoms with van der Waals surface area (Å²) in [5.74, 6) is 0.520. The van der Waals surface area contributed by atoms with E-state index in [0.29, 0.717) is 33.8 Å². The third kappa shape index (κ3) is 6.10. The van der Waals surface area contributed by atoms with Gasteiger partial charge in [0.05, 0.1) is 34.1 Å². The number of aromatic nitrogens is 1. The van der Waals surface area contributed by atoms with E-state index in [9.17, 15) is 4.79 Å². The van der Waals surface area contributed by atoms with Crippen LogP contribution in [-0.2, 0) is 0 Å². The molecule has 0 radical (unpaired) electrons. The van der Waals surface area contributed by atoms with Crippen LogP contribution in [0.5, 0.6) is 5.75 Å². The Balaban J connectivity index is 1.67. The SMILES string of the molecule is CCCC/C(=N/NC(=O)c1cc(-c2ccccc2)nc2c(Cl)cccc12)c1ccc(OCCC)cc1. The number of hydrogen-bond acceptors (Lipinski definition) is 4. The molecule has 0 spiro atoms. The molecule has 6 heteroatoms. The van der Waals surface area contributed by atoms with E-state index < -0.39 is 0 Å². The van der Waals surface area contributed by atoms with E-state index in [2.05, 4.69) is 24.4 Å². The lowest BCUT2D eigenvalue weighted by molar-refractivity contribution is 0.0956. The van der Waals surface area contributed by atoms with Crippen molar-refractivity contribution in [2.45, 2.75) is 39.5 Å². The van der Waals surface area contributed by atoms with Crippen LogP contribution in [0.25, 0.3) is 22.2 Å². The van der Waals surface area contributed by atoms with Crippen molar-refractivity contribution >= 4 is 34.1 Å². The molecule has 0 aliphatic rings. The van der Waals surface area contributed by atoms with Gasteiger partial charge in [-0.1, -0.05) is 74.3 Å². The van der Waals surface area contributed by atoms with Crippen LogP contribution < -0.4 is 10.2 Å². The molecule has 184 valence electrons. The minimum absolute atomic E-state index is 0.307. The van der Waals surface area contributed by atoms with Crippen molar-refractivity contribution in [3.05, 3.63) is 95.0 Å². The van der Waals surface area contributed by atoms with Gasteiger partial charge in [0.25, 0.3) is 5.91 Å². The highest BCUT2D eigenvalue weighted by atomic mass is 35.5. The number of carbonyl (C=O) groups is 1. The Morgan fingerprint density at radius 1 is 0.972 bits per heavy atom. The molecule has 0 atom stereocenters. The first-order valence-electron chi connectivity index (χ1n) is 12.4. The van der Waals surface area contributed by atoms with Gasteiger partial charge in [-0.25, -0.2) is 10.4 Å². The summed E-state index contributed by atoms with van der Waals surface area (Å²) in [7, 11) is 0. The number of unbranched alkanes of at least 4 members (excludes halogenated alkanes) is 1. The molecule has 1 heterocycles. The molecule has 36 heavy (non-hydrogen) atoms. The van der Waals surface area contributed by atoms with Crippen LogP contribution in [0.15, 0.2) is 84.0 Å². The van der Waals surface area contributed by atoms with Crippen LogP contribution in [0.1, 0.15) is 55.5 Å². The lowest BCUT2D eigenvalue weighted by Gasteiger charge is -2.12. The molecule has 5 nitrogen and oxygen atoms in total. The van der Waals surface area contributed by atoms with Crippen LogP contribution in [-0.4, -0.2) is 23.2 Å². The maximum absolute atomic E-state index is 13.4. The Hall–Kier alpha value is -3.70. The largest absolute Gasteiger partial charge is 0.494 e. The average molecular weight is 500 g/mol. The summed E-state index contributed by atoms with van der Waals surface area (Å²) in [5.41, 5.74) is 7.23. The fourth-order valence-electron chi connectivity index (χ4n) is 3.91. The van der Waals surface area contributed by atoms with Gasteiger partial charge in [0.2, 0.25) is 0 Å². The number of pyridine rings is 1. The lowest BCUT2D eigenvalue weighted by Crippen LogP contribution is -2.21. The molecule has 0 unspecified atom stereocenters. The van der Waals surface area contributed by atoms with Crippen molar-refractivity contribution in [1.29, 1.82) is 0 Å². The summed E-state index contributed by atoms with van der Waals surface area (Å²) in [5, 5.41) is 5.73. The second-order valence-corrected chi connectivity index (χ2v) is 8.94. The van der Waals surface area contributed by atoms with Gasteiger partial charge in [0, 0.05) is 10.9 Å². The number of nitrogens with zero attached hydrogens (tertiary/aromatic N) is 2. The number of carbonyl (C=O) groups excluding carboxylic acids is 1. The fraction of sp³-hybridized carbons (Fsp3) is 0.233. The molecular weight excluding hydrogens is 470 g/mol. The van der Waals surface area contributed by atoms with E-state index in [4.69, 9.17) is 21.3 Å². The van der Waals surface area contributed by atoms with Gasteiger partial charge in [-0.15, -0.1) is 0 Å². The molecule has 0 saturated carbocycles. The normalized spacial score (nSPS) is 11.5.